The number of carbonyl (C=O) groups excluding carboxylic acids is 1. The molecule has 8 heteroatoms. The van der Waals surface area contributed by atoms with Gasteiger partial charge in [0.15, 0.2) is 0 Å². The van der Waals surface area contributed by atoms with Crippen LogP contribution in [0.4, 0.5) is 13.2 Å². The number of hydrogen-bond donors (Lipinski definition) is 2. The first-order valence-corrected chi connectivity index (χ1v) is 6.11. The van der Waals surface area contributed by atoms with E-state index in [1.54, 1.807) is 0 Å². The fourth-order valence-electron chi connectivity index (χ4n) is 2.21. The maximum atomic E-state index is 11.9. The Bertz CT molecular complexity index is 274. The van der Waals surface area contributed by atoms with Crippen LogP contribution < -0.4 is 10.6 Å². The standard InChI is InChI=1S/C11H20F3N3O.ClH/c1-15-5-9-3-2-4-17(6-9)7-10(18)16-8-11(12,13)14;/h9,15H,2-8H2,1H3,(H,16,18);1H. The van der Waals surface area contributed by atoms with Gasteiger partial charge in [0, 0.05) is 6.54 Å². The quantitative estimate of drug-likeness (QED) is 0.797. The number of likely N-dealkylation sites (tertiary alicyclic amines) is 1. The molecule has 1 atom stereocenters. The van der Waals surface area contributed by atoms with Gasteiger partial charge in [0.25, 0.3) is 0 Å². The molecule has 1 fully saturated rings. The third-order valence-electron chi connectivity index (χ3n) is 2.95. The second kappa shape index (κ2) is 8.60. The minimum absolute atomic E-state index is 0. The monoisotopic (exact) mass is 303 g/mol. The van der Waals surface area contributed by atoms with Gasteiger partial charge >= 0.3 is 6.18 Å². The highest BCUT2D eigenvalue weighted by atomic mass is 35.5. The Labute approximate surface area is 117 Å². The normalized spacial score (nSPS) is 20.7. The molecule has 1 amide bonds. The molecule has 0 bridgehead atoms. The molecule has 1 saturated heterocycles. The Morgan fingerprint density at radius 1 is 1.42 bits per heavy atom. The summed E-state index contributed by atoms with van der Waals surface area (Å²) in [6.07, 6.45) is -2.26. The van der Waals surface area contributed by atoms with Crippen LogP contribution in [0.5, 0.6) is 0 Å². The molecule has 0 aliphatic carbocycles. The molecule has 1 heterocycles. The van der Waals surface area contributed by atoms with Gasteiger partial charge in [-0.05, 0) is 38.9 Å². The van der Waals surface area contributed by atoms with E-state index in [-0.39, 0.29) is 19.0 Å². The van der Waals surface area contributed by atoms with Crippen molar-refractivity contribution in [2.24, 2.45) is 5.92 Å². The molecule has 114 valence electrons. The second-order valence-corrected chi connectivity index (χ2v) is 4.69. The van der Waals surface area contributed by atoms with Gasteiger partial charge < -0.3 is 10.6 Å². The van der Waals surface area contributed by atoms with Gasteiger partial charge in [-0.1, -0.05) is 0 Å². The minimum Gasteiger partial charge on any atom is -0.346 e. The Morgan fingerprint density at radius 3 is 2.68 bits per heavy atom. The van der Waals surface area contributed by atoms with Crippen LogP contribution in [0.25, 0.3) is 0 Å². The van der Waals surface area contributed by atoms with Crippen molar-refractivity contribution in [2.45, 2.75) is 19.0 Å². The molecule has 2 N–H and O–H groups in total. The van der Waals surface area contributed by atoms with Gasteiger partial charge in [-0.3, -0.25) is 9.69 Å². The second-order valence-electron chi connectivity index (χ2n) is 4.69. The van der Waals surface area contributed by atoms with Crippen LogP contribution in [0.2, 0.25) is 0 Å². The number of amides is 1. The number of nitrogens with zero attached hydrogens (tertiary/aromatic N) is 1. The lowest BCUT2D eigenvalue weighted by atomic mass is 9.98. The topological polar surface area (TPSA) is 44.4 Å². The van der Waals surface area contributed by atoms with Gasteiger partial charge in [0.2, 0.25) is 5.91 Å². The Balaban J connectivity index is 0.00000324. The maximum absolute atomic E-state index is 11.9. The number of carbonyl (C=O) groups is 1. The Hall–Kier alpha value is -0.530. The number of piperidine rings is 1. The molecule has 1 rings (SSSR count). The van der Waals surface area contributed by atoms with Crippen molar-refractivity contribution in [3.05, 3.63) is 0 Å². The van der Waals surface area contributed by atoms with Crippen molar-refractivity contribution >= 4 is 18.3 Å². The highest BCUT2D eigenvalue weighted by Gasteiger charge is 2.28. The predicted molar refractivity (Wildman–Crippen MR) is 69.4 cm³/mol. The number of hydrogen-bond acceptors (Lipinski definition) is 3. The molecular formula is C11H21ClF3N3O. The summed E-state index contributed by atoms with van der Waals surface area (Å²) in [5.41, 5.74) is 0. The number of halogens is 4. The zero-order valence-corrected chi connectivity index (χ0v) is 11.7. The maximum Gasteiger partial charge on any atom is 0.405 e. The van der Waals surface area contributed by atoms with Gasteiger partial charge in [-0.25, -0.2) is 0 Å². The van der Waals surface area contributed by atoms with Crippen LogP contribution in [-0.4, -0.2) is 56.8 Å². The lowest BCUT2D eigenvalue weighted by molar-refractivity contribution is -0.139. The molecule has 0 aromatic heterocycles. The van der Waals surface area contributed by atoms with Crippen LogP contribution in [-0.2, 0) is 4.79 Å². The van der Waals surface area contributed by atoms with Crippen molar-refractivity contribution in [3.8, 4) is 0 Å². The summed E-state index contributed by atoms with van der Waals surface area (Å²) in [7, 11) is 1.87. The average molecular weight is 304 g/mol. The van der Waals surface area contributed by atoms with E-state index >= 15 is 0 Å². The zero-order valence-electron chi connectivity index (χ0n) is 10.9. The zero-order chi connectivity index (χ0) is 13.6. The molecule has 0 saturated carbocycles. The summed E-state index contributed by atoms with van der Waals surface area (Å²) in [4.78, 5) is 13.3. The molecule has 4 nitrogen and oxygen atoms in total. The summed E-state index contributed by atoms with van der Waals surface area (Å²) in [5, 5.41) is 4.98. The molecule has 0 radical (unpaired) electrons. The van der Waals surface area contributed by atoms with E-state index < -0.39 is 18.6 Å². The summed E-state index contributed by atoms with van der Waals surface area (Å²) in [5.74, 6) is -0.0865. The van der Waals surface area contributed by atoms with E-state index in [1.807, 2.05) is 17.3 Å². The third kappa shape index (κ3) is 8.28. The molecule has 1 aliphatic heterocycles. The van der Waals surface area contributed by atoms with Crippen LogP contribution in [0.15, 0.2) is 0 Å². The molecule has 0 aromatic rings. The van der Waals surface area contributed by atoms with Crippen LogP contribution in [0.1, 0.15) is 12.8 Å². The number of nitrogens with one attached hydrogen (secondary N) is 2. The fraction of sp³-hybridized carbons (Fsp3) is 0.909. The van der Waals surface area contributed by atoms with Crippen molar-refractivity contribution < 1.29 is 18.0 Å². The van der Waals surface area contributed by atoms with E-state index in [4.69, 9.17) is 0 Å². The van der Waals surface area contributed by atoms with Crippen molar-refractivity contribution in [3.63, 3.8) is 0 Å². The summed E-state index contributed by atoms with van der Waals surface area (Å²) in [6.45, 7) is 1.22. The van der Waals surface area contributed by atoms with E-state index in [9.17, 15) is 18.0 Å². The smallest absolute Gasteiger partial charge is 0.346 e. The van der Waals surface area contributed by atoms with Gasteiger partial charge in [-0.15, -0.1) is 12.4 Å². The SMILES string of the molecule is CNCC1CCCN(CC(=O)NCC(F)(F)F)C1.Cl. The Morgan fingerprint density at radius 2 is 2.11 bits per heavy atom. The van der Waals surface area contributed by atoms with E-state index in [2.05, 4.69) is 5.32 Å². The lowest BCUT2D eigenvalue weighted by Gasteiger charge is -2.32. The first-order chi connectivity index (χ1) is 8.40. The molecule has 1 unspecified atom stereocenters. The first-order valence-electron chi connectivity index (χ1n) is 6.11. The van der Waals surface area contributed by atoms with E-state index in [1.165, 1.54) is 0 Å². The average Bonchev–Trinajstić information content (AvgIpc) is 2.26. The summed E-state index contributed by atoms with van der Waals surface area (Å²) < 4.78 is 35.8. The van der Waals surface area contributed by atoms with Crippen molar-refractivity contribution in [1.82, 2.24) is 15.5 Å². The Kier molecular flexibility index (Phi) is 8.36. The number of rotatable bonds is 5. The van der Waals surface area contributed by atoms with Gasteiger partial charge in [0.05, 0.1) is 6.54 Å². The summed E-state index contributed by atoms with van der Waals surface area (Å²) >= 11 is 0. The fourth-order valence-corrected chi connectivity index (χ4v) is 2.21. The highest BCUT2D eigenvalue weighted by molar-refractivity contribution is 5.85. The van der Waals surface area contributed by atoms with Crippen LogP contribution >= 0.6 is 12.4 Å². The van der Waals surface area contributed by atoms with Crippen molar-refractivity contribution in [2.75, 3.05) is 39.8 Å². The highest BCUT2D eigenvalue weighted by Crippen LogP contribution is 2.15. The van der Waals surface area contributed by atoms with Crippen LogP contribution in [0, 0.1) is 5.92 Å². The van der Waals surface area contributed by atoms with E-state index in [0.29, 0.717) is 5.92 Å². The van der Waals surface area contributed by atoms with Gasteiger partial charge in [0.1, 0.15) is 6.54 Å². The van der Waals surface area contributed by atoms with Crippen LogP contribution in [0.3, 0.4) is 0 Å². The number of alkyl halides is 3. The molecule has 0 aromatic carbocycles. The van der Waals surface area contributed by atoms with E-state index in [0.717, 1.165) is 32.5 Å². The predicted octanol–water partition coefficient (Wildman–Crippen LogP) is 1.02. The lowest BCUT2D eigenvalue weighted by Crippen LogP contribution is -2.45. The molecular weight excluding hydrogens is 283 g/mol. The molecule has 1 aliphatic rings. The third-order valence-corrected chi connectivity index (χ3v) is 2.95. The molecule has 0 spiro atoms. The largest absolute Gasteiger partial charge is 0.405 e. The first kappa shape index (κ1) is 18.5. The molecule has 19 heavy (non-hydrogen) atoms. The minimum atomic E-state index is -4.34. The summed E-state index contributed by atoms with van der Waals surface area (Å²) in [6, 6.07) is 0. The van der Waals surface area contributed by atoms with Crippen molar-refractivity contribution in [1.29, 1.82) is 0 Å². The van der Waals surface area contributed by atoms with Gasteiger partial charge in [-0.2, -0.15) is 13.2 Å².